The Labute approximate surface area is 76.1 Å². The molecule has 0 bridgehead atoms. The molecular weight excluding hydrogens is 166 g/mol. The van der Waals surface area contributed by atoms with E-state index in [2.05, 4.69) is 20.3 Å². The second-order valence-corrected chi connectivity index (χ2v) is 3.25. The Bertz CT molecular complexity index is 334. The summed E-state index contributed by atoms with van der Waals surface area (Å²) in [4.78, 5) is 12.3. The normalized spacial score (nSPS) is 26.7. The first-order valence-electron chi connectivity index (χ1n) is 4.05. The van der Waals surface area contributed by atoms with Crippen LogP contribution < -0.4 is 11.1 Å². The Morgan fingerprint density at radius 3 is 2.92 bits per heavy atom. The van der Waals surface area contributed by atoms with Crippen molar-refractivity contribution in [1.82, 2.24) is 15.3 Å². The standard InChI is InChI=1S/C8H11N5/c1-8(5-12-7(9)13-8)6-4-10-2-3-11-6/h2-4H,5H2,1H3,(H3,9,12,13). The average molecular weight is 177 g/mol. The molecule has 0 radical (unpaired) electrons. The second-order valence-electron chi connectivity index (χ2n) is 3.25. The Morgan fingerprint density at radius 1 is 1.54 bits per heavy atom. The van der Waals surface area contributed by atoms with E-state index in [1.54, 1.807) is 18.6 Å². The molecule has 0 fully saturated rings. The lowest BCUT2D eigenvalue weighted by Gasteiger charge is -2.22. The topological polar surface area (TPSA) is 76.2 Å². The van der Waals surface area contributed by atoms with Crippen molar-refractivity contribution in [2.45, 2.75) is 12.5 Å². The van der Waals surface area contributed by atoms with Gasteiger partial charge in [-0.05, 0) is 6.92 Å². The zero-order chi connectivity index (χ0) is 9.31. The lowest BCUT2D eigenvalue weighted by atomic mass is 10.00. The molecule has 5 heteroatoms. The van der Waals surface area contributed by atoms with E-state index in [4.69, 9.17) is 5.73 Å². The third-order valence-electron chi connectivity index (χ3n) is 2.10. The number of nitrogens with zero attached hydrogens (tertiary/aromatic N) is 3. The van der Waals surface area contributed by atoms with Crippen LogP contribution in [0.25, 0.3) is 0 Å². The summed E-state index contributed by atoms with van der Waals surface area (Å²) in [6.07, 6.45) is 5.03. The van der Waals surface area contributed by atoms with Crippen molar-refractivity contribution >= 4 is 5.96 Å². The number of aliphatic imine (C=N–C) groups is 1. The molecule has 0 saturated heterocycles. The number of aromatic nitrogens is 2. The van der Waals surface area contributed by atoms with Gasteiger partial charge < -0.3 is 11.1 Å². The largest absolute Gasteiger partial charge is 0.370 e. The summed E-state index contributed by atoms with van der Waals surface area (Å²) in [5.41, 5.74) is 6.11. The highest BCUT2D eigenvalue weighted by molar-refractivity contribution is 5.80. The minimum absolute atomic E-state index is 0.293. The van der Waals surface area contributed by atoms with E-state index in [1.807, 2.05) is 6.92 Å². The molecule has 1 unspecified atom stereocenters. The Balaban J connectivity index is 2.28. The summed E-state index contributed by atoms with van der Waals surface area (Å²) in [5, 5.41) is 3.07. The molecule has 1 aliphatic rings. The maximum absolute atomic E-state index is 5.54. The number of nitrogens with two attached hydrogens (primary N) is 1. The van der Waals surface area contributed by atoms with Gasteiger partial charge in [0.15, 0.2) is 5.96 Å². The molecule has 1 atom stereocenters. The minimum atomic E-state index is -0.293. The van der Waals surface area contributed by atoms with Gasteiger partial charge in [-0.1, -0.05) is 0 Å². The summed E-state index contributed by atoms with van der Waals surface area (Å²) in [6, 6.07) is 0. The lowest BCUT2D eigenvalue weighted by molar-refractivity contribution is 0.463. The summed E-state index contributed by atoms with van der Waals surface area (Å²) in [7, 11) is 0. The van der Waals surface area contributed by atoms with E-state index >= 15 is 0 Å². The number of nitrogens with one attached hydrogen (secondary N) is 1. The van der Waals surface area contributed by atoms with Crippen LogP contribution >= 0.6 is 0 Å². The van der Waals surface area contributed by atoms with Gasteiger partial charge in [0.2, 0.25) is 0 Å². The second kappa shape index (κ2) is 2.69. The first-order valence-corrected chi connectivity index (χ1v) is 4.05. The van der Waals surface area contributed by atoms with E-state index in [-0.39, 0.29) is 5.54 Å². The van der Waals surface area contributed by atoms with Crippen molar-refractivity contribution in [3.8, 4) is 0 Å². The molecule has 2 heterocycles. The van der Waals surface area contributed by atoms with Crippen LogP contribution in [0.2, 0.25) is 0 Å². The fraction of sp³-hybridized carbons (Fsp3) is 0.375. The maximum Gasteiger partial charge on any atom is 0.189 e. The lowest BCUT2D eigenvalue weighted by Crippen LogP contribution is -2.43. The van der Waals surface area contributed by atoms with E-state index in [0.717, 1.165) is 5.69 Å². The van der Waals surface area contributed by atoms with Crippen molar-refractivity contribution in [2.24, 2.45) is 10.7 Å². The molecular formula is C8H11N5. The third kappa shape index (κ3) is 1.32. The molecule has 3 N–H and O–H groups in total. The van der Waals surface area contributed by atoms with Crippen LogP contribution in [0.3, 0.4) is 0 Å². The van der Waals surface area contributed by atoms with Gasteiger partial charge in [-0.2, -0.15) is 0 Å². The molecule has 1 aromatic heterocycles. The van der Waals surface area contributed by atoms with Crippen LogP contribution in [0.5, 0.6) is 0 Å². The summed E-state index contributed by atoms with van der Waals surface area (Å²) in [6.45, 7) is 2.61. The van der Waals surface area contributed by atoms with Gasteiger partial charge in [-0.15, -0.1) is 0 Å². The van der Waals surface area contributed by atoms with Crippen LogP contribution in [0.1, 0.15) is 12.6 Å². The SMILES string of the molecule is CC1(c2cnccn2)CN=C(N)N1. The molecule has 0 saturated carbocycles. The summed E-state index contributed by atoms with van der Waals surface area (Å²) >= 11 is 0. The first-order chi connectivity index (χ1) is 6.21. The van der Waals surface area contributed by atoms with Crippen molar-refractivity contribution < 1.29 is 0 Å². The number of rotatable bonds is 1. The quantitative estimate of drug-likeness (QED) is 0.612. The van der Waals surface area contributed by atoms with Crippen LogP contribution in [0.15, 0.2) is 23.6 Å². The third-order valence-corrected chi connectivity index (χ3v) is 2.10. The molecule has 1 aliphatic heterocycles. The fourth-order valence-corrected chi connectivity index (χ4v) is 1.33. The average Bonchev–Trinajstić information content (AvgIpc) is 2.49. The van der Waals surface area contributed by atoms with Crippen LogP contribution in [0.4, 0.5) is 0 Å². The maximum atomic E-state index is 5.54. The summed E-state index contributed by atoms with van der Waals surface area (Å²) < 4.78 is 0. The van der Waals surface area contributed by atoms with E-state index < -0.39 is 0 Å². The Kier molecular flexibility index (Phi) is 1.65. The molecule has 0 aliphatic carbocycles. The van der Waals surface area contributed by atoms with E-state index in [1.165, 1.54) is 0 Å². The highest BCUT2D eigenvalue weighted by atomic mass is 15.2. The van der Waals surface area contributed by atoms with Gasteiger partial charge in [0.25, 0.3) is 0 Å². The molecule has 0 aromatic carbocycles. The molecule has 68 valence electrons. The number of hydrogen-bond acceptors (Lipinski definition) is 5. The van der Waals surface area contributed by atoms with Gasteiger partial charge in [-0.3, -0.25) is 15.0 Å². The molecule has 2 rings (SSSR count). The van der Waals surface area contributed by atoms with E-state index in [9.17, 15) is 0 Å². The Morgan fingerprint density at radius 2 is 2.38 bits per heavy atom. The van der Waals surface area contributed by atoms with Crippen LogP contribution in [-0.4, -0.2) is 22.5 Å². The van der Waals surface area contributed by atoms with Crippen molar-refractivity contribution in [3.05, 3.63) is 24.3 Å². The highest BCUT2D eigenvalue weighted by Crippen LogP contribution is 2.20. The predicted octanol–water partition coefficient (Wildman–Crippen LogP) is -0.390. The highest BCUT2D eigenvalue weighted by Gasteiger charge is 2.32. The fourth-order valence-electron chi connectivity index (χ4n) is 1.33. The molecule has 13 heavy (non-hydrogen) atoms. The van der Waals surface area contributed by atoms with Crippen LogP contribution in [0, 0.1) is 0 Å². The van der Waals surface area contributed by atoms with Crippen molar-refractivity contribution in [1.29, 1.82) is 0 Å². The van der Waals surface area contributed by atoms with Crippen molar-refractivity contribution in [3.63, 3.8) is 0 Å². The molecule has 0 spiro atoms. The zero-order valence-corrected chi connectivity index (χ0v) is 7.36. The van der Waals surface area contributed by atoms with E-state index in [0.29, 0.717) is 12.5 Å². The predicted molar refractivity (Wildman–Crippen MR) is 49.0 cm³/mol. The molecule has 5 nitrogen and oxygen atoms in total. The van der Waals surface area contributed by atoms with Gasteiger partial charge in [0.1, 0.15) is 5.54 Å². The zero-order valence-electron chi connectivity index (χ0n) is 7.36. The monoisotopic (exact) mass is 177 g/mol. The number of guanidine groups is 1. The number of hydrogen-bond donors (Lipinski definition) is 2. The van der Waals surface area contributed by atoms with Gasteiger partial charge in [0.05, 0.1) is 18.4 Å². The summed E-state index contributed by atoms with van der Waals surface area (Å²) in [5.74, 6) is 0.466. The first kappa shape index (κ1) is 7.97. The van der Waals surface area contributed by atoms with Crippen molar-refractivity contribution in [2.75, 3.05) is 6.54 Å². The van der Waals surface area contributed by atoms with Gasteiger partial charge >= 0.3 is 0 Å². The Hall–Kier alpha value is -1.65. The van der Waals surface area contributed by atoms with Gasteiger partial charge in [0, 0.05) is 12.4 Å². The van der Waals surface area contributed by atoms with Gasteiger partial charge in [-0.25, -0.2) is 0 Å². The molecule has 0 amide bonds. The van der Waals surface area contributed by atoms with Crippen LogP contribution in [-0.2, 0) is 5.54 Å². The smallest absolute Gasteiger partial charge is 0.189 e. The minimum Gasteiger partial charge on any atom is -0.370 e. The molecule has 1 aromatic rings.